The lowest BCUT2D eigenvalue weighted by molar-refractivity contribution is -0.137. The first-order valence-corrected chi connectivity index (χ1v) is 4.74. The Morgan fingerprint density at radius 3 is 2.27 bits per heavy atom. The predicted molar refractivity (Wildman–Crippen MR) is 53.3 cm³/mol. The lowest BCUT2D eigenvalue weighted by Gasteiger charge is -2.08. The van der Waals surface area contributed by atoms with Crippen LogP contribution in [0.4, 0.5) is 4.79 Å². The van der Waals surface area contributed by atoms with E-state index in [1.165, 1.54) is 0 Å². The third-order valence-corrected chi connectivity index (χ3v) is 1.47. The Kier molecular flexibility index (Phi) is 6.08. The van der Waals surface area contributed by atoms with Gasteiger partial charge in [-0.05, 0) is 20.3 Å². The van der Waals surface area contributed by atoms with Crippen molar-refractivity contribution in [2.75, 3.05) is 0 Å². The number of urea groups is 1. The van der Waals surface area contributed by atoms with Crippen LogP contribution in [0.15, 0.2) is 0 Å². The van der Waals surface area contributed by atoms with Crippen LogP contribution in [0, 0.1) is 0 Å². The number of carboxylic acid groups (broad SMARTS) is 1. The van der Waals surface area contributed by atoms with Gasteiger partial charge in [-0.2, -0.15) is 0 Å². The molecule has 0 saturated heterocycles. The lowest BCUT2D eigenvalue weighted by Crippen LogP contribution is -2.42. The minimum absolute atomic E-state index is 0.0395. The molecule has 0 atom stereocenters. The maximum atomic E-state index is 11.1. The normalized spacial score (nSPS) is 9.80. The molecule has 0 aliphatic heterocycles. The summed E-state index contributed by atoms with van der Waals surface area (Å²) in [5, 5.41) is 12.9. The highest BCUT2D eigenvalue weighted by Gasteiger charge is 2.08. The molecule has 0 aromatic heterocycles. The molecule has 0 heterocycles. The fraction of sp³-hybridized carbons (Fsp3) is 0.667. The molecule has 0 saturated carbocycles. The van der Waals surface area contributed by atoms with E-state index < -0.39 is 17.9 Å². The topological polar surface area (TPSA) is 95.5 Å². The summed E-state index contributed by atoms with van der Waals surface area (Å²) < 4.78 is 0. The monoisotopic (exact) mass is 216 g/mol. The van der Waals surface area contributed by atoms with Crippen LogP contribution in [0.1, 0.15) is 33.1 Å². The van der Waals surface area contributed by atoms with Crippen molar-refractivity contribution in [3.63, 3.8) is 0 Å². The number of hydrogen-bond acceptors (Lipinski definition) is 3. The SMILES string of the molecule is CC(C)NC(=O)NC(=O)CCCC(=O)O. The Morgan fingerprint density at radius 1 is 1.20 bits per heavy atom. The smallest absolute Gasteiger partial charge is 0.321 e. The van der Waals surface area contributed by atoms with Crippen LogP contribution < -0.4 is 10.6 Å². The van der Waals surface area contributed by atoms with Gasteiger partial charge in [-0.1, -0.05) is 0 Å². The van der Waals surface area contributed by atoms with Gasteiger partial charge in [-0.25, -0.2) is 4.79 Å². The molecular formula is C9H16N2O4. The van der Waals surface area contributed by atoms with E-state index in [1.54, 1.807) is 13.8 Å². The average molecular weight is 216 g/mol. The Bertz CT molecular complexity index is 250. The van der Waals surface area contributed by atoms with Gasteiger partial charge in [0.2, 0.25) is 5.91 Å². The fourth-order valence-electron chi connectivity index (χ4n) is 0.888. The zero-order chi connectivity index (χ0) is 11.8. The fourth-order valence-corrected chi connectivity index (χ4v) is 0.888. The highest BCUT2D eigenvalue weighted by atomic mass is 16.4. The number of carbonyl (C=O) groups is 3. The Hall–Kier alpha value is -1.59. The minimum Gasteiger partial charge on any atom is -0.481 e. The van der Waals surface area contributed by atoms with E-state index in [0.29, 0.717) is 0 Å². The van der Waals surface area contributed by atoms with Crippen molar-refractivity contribution in [3.8, 4) is 0 Å². The van der Waals surface area contributed by atoms with Crippen LogP contribution in [-0.4, -0.2) is 29.1 Å². The van der Waals surface area contributed by atoms with Gasteiger partial charge >= 0.3 is 12.0 Å². The van der Waals surface area contributed by atoms with E-state index in [9.17, 15) is 14.4 Å². The summed E-state index contributed by atoms with van der Waals surface area (Å²) in [6.07, 6.45) is 0.202. The highest BCUT2D eigenvalue weighted by Crippen LogP contribution is 1.94. The molecule has 0 radical (unpaired) electrons. The van der Waals surface area contributed by atoms with Crippen molar-refractivity contribution in [1.82, 2.24) is 10.6 Å². The summed E-state index contributed by atoms with van der Waals surface area (Å²) >= 11 is 0. The van der Waals surface area contributed by atoms with Crippen molar-refractivity contribution in [2.45, 2.75) is 39.2 Å². The molecule has 0 aliphatic carbocycles. The number of rotatable bonds is 5. The van der Waals surface area contributed by atoms with E-state index in [0.717, 1.165) is 0 Å². The zero-order valence-electron chi connectivity index (χ0n) is 8.87. The van der Waals surface area contributed by atoms with Gasteiger partial charge in [0.25, 0.3) is 0 Å². The van der Waals surface area contributed by atoms with Gasteiger partial charge in [0, 0.05) is 18.9 Å². The number of hydrogen-bond donors (Lipinski definition) is 3. The van der Waals surface area contributed by atoms with Crippen LogP contribution in [0.25, 0.3) is 0 Å². The average Bonchev–Trinajstić information content (AvgIpc) is 2.00. The number of nitrogens with one attached hydrogen (secondary N) is 2. The molecule has 0 spiro atoms. The number of aliphatic carboxylic acids is 1. The molecule has 0 unspecified atom stereocenters. The third-order valence-electron chi connectivity index (χ3n) is 1.47. The van der Waals surface area contributed by atoms with Gasteiger partial charge in [0.05, 0.1) is 0 Å². The van der Waals surface area contributed by atoms with Gasteiger partial charge < -0.3 is 10.4 Å². The van der Waals surface area contributed by atoms with Gasteiger partial charge in [-0.15, -0.1) is 0 Å². The Morgan fingerprint density at radius 2 is 1.80 bits per heavy atom. The summed E-state index contributed by atoms with van der Waals surface area (Å²) in [7, 11) is 0. The quantitative estimate of drug-likeness (QED) is 0.622. The second-order valence-corrected chi connectivity index (χ2v) is 3.42. The second kappa shape index (κ2) is 6.80. The first-order valence-electron chi connectivity index (χ1n) is 4.74. The first-order chi connectivity index (χ1) is 6.91. The summed E-state index contributed by atoms with van der Waals surface area (Å²) in [5.41, 5.74) is 0. The minimum atomic E-state index is -0.950. The molecule has 0 aromatic rings. The van der Waals surface area contributed by atoms with Crippen LogP contribution >= 0.6 is 0 Å². The number of carbonyl (C=O) groups excluding carboxylic acids is 2. The molecule has 0 fully saturated rings. The van der Waals surface area contributed by atoms with Gasteiger partial charge in [0.15, 0.2) is 0 Å². The standard InChI is InChI=1S/C9H16N2O4/c1-6(2)10-9(15)11-7(12)4-3-5-8(13)14/h6H,3-5H2,1-2H3,(H,13,14)(H2,10,11,12,15). The van der Waals surface area contributed by atoms with Crippen molar-refractivity contribution in [3.05, 3.63) is 0 Å². The summed E-state index contributed by atoms with van der Waals surface area (Å²) in [5.74, 6) is -1.41. The molecule has 6 heteroatoms. The van der Waals surface area contributed by atoms with Crippen LogP contribution in [0.5, 0.6) is 0 Å². The highest BCUT2D eigenvalue weighted by molar-refractivity contribution is 5.94. The molecule has 6 nitrogen and oxygen atoms in total. The molecule has 0 aromatic carbocycles. The van der Waals surface area contributed by atoms with Gasteiger partial charge in [0.1, 0.15) is 0 Å². The van der Waals surface area contributed by atoms with E-state index in [2.05, 4.69) is 10.6 Å². The van der Waals surface area contributed by atoms with Crippen molar-refractivity contribution >= 4 is 17.9 Å². The van der Waals surface area contributed by atoms with Crippen molar-refractivity contribution in [2.24, 2.45) is 0 Å². The Balaban J connectivity index is 3.65. The van der Waals surface area contributed by atoms with Gasteiger partial charge in [-0.3, -0.25) is 14.9 Å². The van der Waals surface area contributed by atoms with Crippen LogP contribution in [0.2, 0.25) is 0 Å². The number of imide groups is 1. The number of carboxylic acids is 1. The molecule has 86 valence electrons. The molecule has 3 amide bonds. The second-order valence-electron chi connectivity index (χ2n) is 3.42. The predicted octanol–water partition coefficient (Wildman–Crippen LogP) is 0.475. The van der Waals surface area contributed by atoms with Crippen molar-refractivity contribution < 1.29 is 19.5 Å². The lowest BCUT2D eigenvalue weighted by atomic mass is 10.2. The van der Waals surface area contributed by atoms with Crippen LogP contribution in [0.3, 0.4) is 0 Å². The van der Waals surface area contributed by atoms with Crippen molar-refractivity contribution in [1.29, 1.82) is 0 Å². The summed E-state index contributed by atoms with van der Waals surface area (Å²) in [6.45, 7) is 3.54. The maximum Gasteiger partial charge on any atom is 0.321 e. The van der Waals surface area contributed by atoms with Crippen LogP contribution in [-0.2, 0) is 9.59 Å². The molecule has 0 bridgehead atoms. The molecule has 3 N–H and O–H groups in total. The maximum absolute atomic E-state index is 11.1. The third kappa shape index (κ3) is 8.73. The van der Waals surface area contributed by atoms with E-state index in [1.807, 2.05) is 0 Å². The van der Waals surface area contributed by atoms with E-state index in [4.69, 9.17) is 5.11 Å². The Labute approximate surface area is 88.0 Å². The first kappa shape index (κ1) is 13.4. The van der Waals surface area contributed by atoms with E-state index in [-0.39, 0.29) is 25.3 Å². The molecule has 0 rings (SSSR count). The number of amides is 3. The molecule has 0 aliphatic rings. The zero-order valence-corrected chi connectivity index (χ0v) is 8.87. The summed E-state index contributed by atoms with van der Waals surface area (Å²) in [4.78, 5) is 32.2. The largest absolute Gasteiger partial charge is 0.481 e. The summed E-state index contributed by atoms with van der Waals surface area (Å²) in [6, 6.07) is -0.595. The molecule has 15 heavy (non-hydrogen) atoms. The molecular weight excluding hydrogens is 200 g/mol. The van der Waals surface area contributed by atoms with E-state index >= 15 is 0 Å².